The molecule has 0 saturated heterocycles. The molecule has 0 bridgehead atoms. The van der Waals surface area contributed by atoms with Gasteiger partial charge in [-0.3, -0.25) is 9.36 Å². The van der Waals surface area contributed by atoms with E-state index < -0.39 is 0 Å². The van der Waals surface area contributed by atoms with Crippen molar-refractivity contribution >= 4 is 22.6 Å². The molecule has 0 aliphatic carbocycles. The zero-order valence-corrected chi connectivity index (χ0v) is 10.7. The summed E-state index contributed by atoms with van der Waals surface area (Å²) in [4.78, 5) is 19.7. The Bertz CT molecular complexity index is 548. The van der Waals surface area contributed by atoms with Crippen molar-refractivity contribution in [2.75, 3.05) is 0 Å². The topological polar surface area (TPSA) is 73.8 Å². The van der Waals surface area contributed by atoms with Crippen LogP contribution < -0.4 is 5.56 Å². The molecule has 0 spiro atoms. The maximum Gasteiger partial charge on any atom is 0.267 e. The van der Waals surface area contributed by atoms with Gasteiger partial charge in [-0.25, -0.2) is 4.98 Å². The Hall–Kier alpha value is -1.25. The summed E-state index contributed by atoms with van der Waals surface area (Å²) in [5.41, 5.74) is -0.105. The van der Waals surface area contributed by atoms with E-state index in [-0.39, 0.29) is 12.1 Å². The fourth-order valence-electron chi connectivity index (χ4n) is 1.18. The summed E-state index contributed by atoms with van der Waals surface area (Å²) in [6.07, 6.45) is 3.69. The van der Waals surface area contributed by atoms with Crippen molar-refractivity contribution in [3.63, 3.8) is 0 Å². The average Bonchev–Trinajstić information content (AvgIpc) is 2.73. The lowest BCUT2D eigenvalue weighted by Gasteiger charge is -2.00. The average molecular weight is 332 g/mol. The fourth-order valence-corrected chi connectivity index (χ4v) is 1.65. The molecule has 0 fully saturated rings. The second-order valence-electron chi connectivity index (χ2n) is 3.13. The number of nitrogens with zero attached hydrogens (tertiary/aromatic N) is 4. The van der Waals surface area contributed by atoms with Gasteiger partial charge in [-0.2, -0.15) is 4.98 Å². The highest BCUT2D eigenvalue weighted by Crippen LogP contribution is 2.00. The highest BCUT2D eigenvalue weighted by Gasteiger charge is 2.07. The zero-order chi connectivity index (χ0) is 11.5. The van der Waals surface area contributed by atoms with Crippen LogP contribution in [0.5, 0.6) is 0 Å². The van der Waals surface area contributed by atoms with E-state index in [1.165, 1.54) is 17.1 Å². The highest BCUT2D eigenvalue weighted by molar-refractivity contribution is 14.1. The van der Waals surface area contributed by atoms with Gasteiger partial charge in [0.05, 0.1) is 9.90 Å². The second-order valence-corrected chi connectivity index (χ2v) is 4.29. The van der Waals surface area contributed by atoms with Crippen molar-refractivity contribution in [1.82, 2.24) is 19.7 Å². The Morgan fingerprint density at radius 3 is 3.06 bits per heavy atom. The molecule has 2 aromatic heterocycles. The molecule has 0 aliphatic rings. The maximum absolute atomic E-state index is 11.7. The molecule has 2 rings (SSSR count). The molecule has 0 aromatic carbocycles. The molecule has 7 heteroatoms. The quantitative estimate of drug-likeness (QED) is 0.779. The highest BCUT2D eigenvalue weighted by atomic mass is 127. The Kier molecular flexibility index (Phi) is 3.32. The largest absolute Gasteiger partial charge is 0.337 e. The lowest BCUT2D eigenvalue weighted by molar-refractivity contribution is 0.364. The molecule has 6 nitrogen and oxygen atoms in total. The van der Waals surface area contributed by atoms with E-state index in [2.05, 4.69) is 15.1 Å². The van der Waals surface area contributed by atoms with Crippen molar-refractivity contribution in [3.8, 4) is 0 Å². The van der Waals surface area contributed by atoms with Gasteiger partial charge in [0.2, 0.25) is 5.89 Å². The molecule has 0 saturated carbocycles. The minimum atomic E-state index is -0.105. The van der Waals surface area contributed by atoms with Crippen molar-refractivity contribution in [1.29, 1.82) is 0 Å². The van der Waals surface area contributed by atoms with Crippen LogP contribution >= 0.6 is 22.6 Å². The maximum atomic E-state index is 11.7. The third-order valence-electron chi connectivity index (χ3n) is 1.99. The van der Waals surface area contributed by atoms with Crippen LogP contribution in [0.3, 0.4) is 0 Å². The van der Waals surface area contributed by atoms with E-state index in [1.807, 2.05) is 29.5 Å². The standard InChI is InChI=1S/C9H9IN4O2/c1-2-7-12-8(16-13-7)4-14-5-11-3-6(10)9(14)15/h3,5H,2,4H2,1H3. The van der Waals surface area contributed by atoms with Gasteiger partial charge in [0.15, 0.2) is 5.82 Å². The lowest BCUT2D eigenvalue weighted by Crippen LogP contribution is -2.23. The third kappa shape index (κ3) is 2.29. The molecule has 0 unspecified atom stereocenters. The minimum Gasteiger partial charge on any atom is -0.337 e. The van der Waals surface area contributed by atoms with Crippen LogP contribution in [-0.4, -0.2) is 19.7 Å². The molecule has 2 aromatic rings. The normalized spacial score (nSPS) is 10.6. The summed E-state index contributed by atoms with van der Waals surface area (Å²) in [5.74, 6) is 1.06. The summed E-state index contributed by atoms with van der Waals surface area (Å²) < 4.78 is 7.01. The van der Waals surface area contributed by atoms with Gasteiger partial charge in [0.25, 0.3) is 5.56 Å². The molecular formula is C9H9IN4O2. The van der Waals surface area contributed by atoms with Crippen molar-refractivity contribution in [2.24, 2.45) is 0 Å². The first kappa shape index (κ1) is 11.2. The van der Waals surface area contributed by atoms with Crippen LogP contribution in [0.25, 0.3) is 0 Å². The zero-order valence-electron chi connectivity index (χ0n) is 8.55. The molecule has 2 heterocycles. The molecule has 0 radical (unpaired) electrons. The molecule has 16 heavy (non-hydrogen) atoms. The van der Waals surface area contributed by atoms with Gasteiger partial charge < -0.3 is 4.52 Å². The van der Waals surface area contributed by atoms with E-state index >= 15 is 0 Å². The number of halogens is 1. The first-order valence-corrected chi connectivity index (χ1v) is 5.80. The van der Waals surface area contributed by atoms with Crippen LogP contribution in [0.4, 0.5) is 0 Å². The summed E-state index contributed by atoms with van der Waals surface area (Å²) in [6.45, 7) is 2.20. The molecule has 0 atom stereocenters. The minimum absolute atomic E-state index is 0.105. The molecular weight excluding hydrogens is 323 g/mol. The van der Waals surface area contributed by atoms with Gasteiger partial charge in [-0.1, -0.05) is 12.1 Å². The second kappa shape index (κ2) is 4.73. The summed E-state index contributed by atoms with van der Waals surface area (Å²) in [5, 5.41) is 3.76. The van der Waals surface area contributed by atoms with Gasteiger partial charge in [0.1, 0.15) is 6.54 Å². The van der Waals surface area contributed by atoms with Gasteiger partial charge >= 0.3 is 0 Å². The Morgan fingerprint density at radius 2 is 2.38 bits per heavy atom. The van der Waals surface area contributed by atoms with E-state index in [1.54, 1.807) is 0 Å². The molecule has 0 N–H and O–H groups in total. The Morgan fingerprint density at radius 1 is 1.56 bits per heavy atom. The predicted octanol–water partition coefficient (Wildman–Crippen LogP) is 0.842. The number of hydrogen-bond acceptors (Lipinski definition) is 5. The van der Waals surface area contributed by atoms with Crippen molar-refractivity contribution in [2.45, 2.75) is 19.9 Å². The van der Waals surface area contributed by atoms with E-state index in [9.17, 15) is 4.79 Å². The SMILES string of the molecule is CCc1noc(Cn2cncc(I)c2=O)n1. The van der Waals surface area contributed by atoms with Gasteiger partial charge in [0, 0.05) is 12.6 Å². The molecule has 0 aliphatic heterocycles. The van der Waals surface area contributed by atoms with Crippen LogP contribution in [0, 0.1) is 3.57 Å². The first-order valence-electron chi connectivity index (χ1n) is 4.72. The number of hydrogen-bond donors (Lipinski definition) is 0. The number of rotatable bonds is 3. The molecule has 84 valence electrons. The molecule has 0 amide bonds. The summed E-state index contributed by atoms with van der Waals surface area (Å²) in [6, 6.07) is 0. The monoisotopic (exact) mass is 332 g/mol. The van der Waals surface area contributed by atoms with Crippen molar-refractivity contribution in [3.05, 3.63) is 38.2 Å². The Labute approximate surface area is 105 Å². The van der Waals surface area contributed by atoms with Gasteiger partial charge in [-0.15, -0.1) is 0 Å². The number of aryl methyl sites for hydroxylation is 1. The number of aromatic nitrogens is 4. The third-order valence-corrected chi connectivity index (χ3v) is 2.73. The van der Waals surface area contributed by atoms with E-state index in [4.69, 9.17) is 4.52 Å². The van der Waals surface area contributed by atoms with E-state index in [0.29, 0.717) is 21.7 Å². The smallest absolute Gasteiger partial charge is 0.267 e. The fraction of sp³-hybridized carbons (Fsp3) is 0.333. The van der Waals surface area contributed by atoms with Crippen LogP contribution in [-0.2, 0) is 13.0 Å². The predicted molar refractivity (Wildman–Crippen MR) is 64.0 cm³/mol. The summed E-state index contributed by atoms with van der Waals surface area (Å²) in [7, 11) is 0. The van der Waals surface area contributed by atoms with Crippen molar-refractivity contribution < 1.29 is 4.52 Å². The Balaban J connectivity index is 2.27. The first-order chi connectivity index (χ1) is 7.70. The lowest BCUT2D eigenvalue weighted by atomic mass is 10.5. The van der Waals surface area contributed by atoms with Crippen LogP contribution in [0.1, 0.15) is 18.6 Å². The van der Waals surface area contributed by atoms with Crippen LogP contribution in [0.2, 0.25) is 0 Å². The van der Waals surface area contributed by atoms with Crippen LogP contribution in [0.15, 0.2) is 21.8 Å². The van der Waals surface area contributed by atoms with E-state index in [0.717, 1.165) is 0 Å². The van der Waals surface area contributed by atoms with Gasteiger partial charge in [-0.05, 0) is 22.6 Å². The summed E-state index contributed by atoms with van der Waals surface area (Å²) >= 11 is 1.94.